The molecule has 0 heterocycles. The van der Waals surface area contributed by atoms with Gasteiger partial charge in [0.25, 0.3) is 0 Å². The fourth-order valence-electron chi connectivity index (χ4n) is 1.54. The summed E-state index contributed by atoms with van der Waals surface area (Å²) in [4.78, 5) is 22.3. The fraction of sp³-hybridized carbons (Fsp3) is 0.375. The maximum absolute atomic E-state index is 12.9. The summed E-state index contributed by atoms with van der Waals surface area (Å²) in [6, 6.07) is 5.88. The first kappa shape index (κ1) is 23.5. The minimum Gasteiger partial charge on any atom is -0.465 e. The lowest BCUT2D eigenvalue weighted by Gasteiger charge is -2.16. The minimum atomic E-state index is -5.92. The summed E-state index contributed by atoms with van der Waals surface area (Å²) in [5, 5.41) is -5.07. The van der Waals surface area contributed by atoms with Gasteiger partial charge in [-0.1, -0.05) is 6.58 Å². The molecule has 1 aromatic rings. The molecule has 0 radical (unpaired) electrons. The van der Waals surface area contributed by atoms with Gasteiger partial charge in [-0.2, -0.15) is 17.2 Å². The number of carbonyl (C=O) groups excluding carboxylic acids is 2. The standard InChI is InChI=1S/C16H18F2O9S/c1-10(2)14(19)27-13-6-4-12(5-7-13)26-11(3)24-8-9-25-15(20)16(17,18)28(21,22)23/h4-7,11H,1,8-9H2,2-3H3,(H,21,22,23). The topological polar surface area (TPSA) is 125 Å². The zero-order chi connectivity index (χ0) is 21.5. The van der Waals surface area contributed by atoms with Gasteiger partial charge in [-0.05, 0) is 38.1 Å². The van der Waals surface area contributed by atoms with Crippen LogP contribution in [0.25, 0.3) is 0 Å². The molecule has 0 aliphatic rings. The van der Waals surface area contributed by atoms with Gasteiger partial charge in [-0.3, -0.25) is 4.55 Å². The Bertz CT molecular complexity index is 819. The van der Waals surface area contributed by atoms with Crippen LogP contribution in [0.5, 0.6) is 11.5 Å². The molecule has 156 valence electrons. The van der Waals surface area contributed by atoms with Crippen molar-refractivity contribution in [3.63, 3.8) is 0 Å². The largest absolute Gasteiger partial charge is 0.465 e. The predicted octanol–water partition coefficient (Wildman–Crippen LogP) is 1.93. The molecular weight excluding hydrogens is 406 g/mol. The summed E-state index contributed by atoms with van der Waals surface area (Å²) in [7, 11) is -5.92. The molecule has 0 aliphatic carbocycles. The van der Waals surface area contributed by atoms with E-state index < -0.39 is 40.2 Å². The van der Waals surface area contributed by atoms with E-state index in [4.69, 9.17) is 18.8 Å². The second-order valence-corrected chi connectivity index (χ2v) is 6.79. The molecule has 1 rings (SSSR count). The van der Waals surface area contributed by atoms with Gasteiger partial charge in [0.15, 0.2) is 6.29 Å². The Morgan fingerprint density at radius 2 is 1.71 bits per heavy atom. The van der Waals surface area contributed by atoms with Crippen molar-refractivity contribution in [2.75, 3.05) is 13.2 Å². The maximum Gasteiger partial charge on any atom is 0.465 e. The average Bonchev–Trinajstić information content (AvgIpc) is 2.59. The van der Waals surface area contributed by atoms with Gasteiger partial charge in [0.1, 0.15) is 18.1 Å². The van der Waals surface area contributed by atoms with Crippen LogP contribution in [0.1, 0.15) is 13.8 Å². The monoisotopic (exact) mass is 424 g/mol. The van der Waals surface area contributed by atoms with E-state index in [1.54, 1.807) is 0 Å². The van der Waals surface area contributed by atoms with Crippen LogP contribution in [0, 0.1) is 0 Å². The van der Waals surface area contributed by atoms with Crippen molar-refractivity contribution in [2.45, 2.75) is 25.4 Å². The zero-order valence-electron chi connectivity index (χ0n) is 14.9. The number of hydrogen-bond acceptors (Lipinski definition) is 8. The normalized spacial score (nSPS) is 12.8. The van der Waals surface area contributed by atoms with Crippen LogP contribution in [0.2, 0.25) is 0 Å². The summed E-state index contributed by atoms with van der Waals surface area (Å²) in [5.41, 5.74) is 0.234. The van der Waals surface area contributed by atoms with E-state index in [9.17, 15) is 26.8 Å². The van der Waals surface area contributed by atoms with E-state index in [2.05, 4.69) is 11.3 Å². The first-order chi connectivity index (χ1) is 12.8. The predicted molar refractivity (Wildman–Crippen MR) is 90.4 cm³/mol. The molecule has 9 nitrogen and oxygen atoms in total. The number of ether oxygens (including phenoxy) is 4. The minimum absolute atomic E-state index is 0.234. The maximum atomic E-state index is 12.9. The molecule has 0 saturated heterocycles. The van der Waals surface area contributed by atoms with Crippen LogP contribution in [-0.4, -0.2) is 49.7 Å². The van der Waals surface area contributed by atoms with Gasteiger partial charge in [0.05, 0.1) is 6.61 Å². The molecule has 1 atom stereocenters. The number of halogens is 2. The van der Waals surface area contributed by atoms with Gasteiger partial charge in [-0.15, -0.1) is 0 Å². The molecule has 0 saturated carbocycles. The number of rotatable bonds is 10. The lowest BCUT2D eigenvalue weighted by atomic mass is 10.3. The Hall–Kier alpha value is -2.57. The van der Waals surface area contributed by atoms with Crippen LogP contribution in [0.15, 0.2) is 36.4 Å². The van der Waals surface area contributed by atoms with Crippen molar-refractivity contribution in [3.8, 4) is 11.5 Å². The Morgan fingerprint density at radius 3 is 2.21 bits per heavy atom. The van der Waals surface area contributed by atoms with Crippen molar-refractivity contribution < 1.29 is 50.3 Å². The molecule has 1 aromatic carbocycles. The third-order valence-corrected chi connectivity index (χ3v) is 3.73. The molecule has 0 fully saturated rings. The van der Waals surface area contributed by atoms with Crippen LogP contribution < -0.4 is 9.47 Å². The van der Waals surface area contributed by atoms with Gasteiger partial charge in [0.2, 0.25) is 0 Å². The smallest absolute Gasteiger partial charge is 0.465 e. The lowest BCUT2D eigenvalue weighted by Crippen LogP contribution is -2.39. The fourth-order valence-corrected chi connectivity index (χ4v) is 1.81. The van der Waals surface area contributed by atoms with Gasteiger partial charge in [-0.25, -0.2) is 9.59 Å². The van der Waals surface area contributed by atoms with Crippen LogP contribution in [0.3, 0.4) is 0 Å². The highest BCUT2D eigenvalue weighted by molar-refractivity contribution is 7.87. The summed E-state index contributed by atoms with van der Waals surface area (Å²) in [5.74, 6) is -2.41. The number of hydrogen-bond donors (Lipinski definition) is 1. The van der Waals surface area contributed by atoms with E-state index >= 15 is 0 Å². The Morgan fingerprint density at radius 1 is 1.18 bits per heavy atom. The second-order valence-electron chi connectivity index (χ2n) is 5.33. The Labute approximate surface area is 159 Å². The molecule has 0 aliphatic heterocycles. The molecule has 1 unspecified atom stereocenters. The first-order valence-electron chi connectivity index (χ1n) is 7.62. The second kappa shape index (κ2) is 9.57. The quantitative estimate of drug-likeness (QED) is 0.150. The Kier molecular flexibility index (Phi) is 8.02. The third kappa shape index (κ3) is 6.87. The van der Waals surface area contributed by atoms with Crippen molar-refractivity contribution in [1.29, 1.82) is 0 Å². The third-order valence-electron chi connectivity index (χ3n) is 2.92. The van der Waals surface area contributed by atoms with Crippen molar-refractivity contribution in [1.82, 2.24) is 0 Å². The number of esters is 2. The van der Waals surface area contributed by atoms with Gasteiger partial charge in [0, 0.05) is 5.57 Å². The summed E-state index contributed by atoms with van der Waals surface area (Å²) < 4.78 is 74.3. The average molecular weight is 424 g/mol. The highest BCUT2D eigenvalue weighted by Crippen LogP contribution is 2.22. The summed E-state index contributed by atoms with van der Waals surface area (Å²) in [6.45, 7) is 5.32. The SMILES string of the molecule is C=C(C)C(=O)Oc1ccc(OC(C)OCCOC(=O)C(F)(F)S(=O)(=O)O)cc1. The van der Waals surface area contributed by atoms with Gasteiger partial charge < -0.3 is 18.9 Å². The highest BCUT2D eigenvalue weighted by Gasteiger charge is 2.54. The van der Waals surface area contributed by atoms with E-state index in [1.807, 2.05) is 0 Å². The van der Waals surface area contributed by atoms with E-state index in [-0.39, 0.29) is 17.9 Å². The van der Waals surface area contributed by atoms with Crippen LogP contribution in [0.4, 0.5) is 8.78 Å². The molecular formula is C16H18F2O9S. The van der Waals surface area contributed by atoms with Crippen molar-refractivity contribution in [3.05, 3.63) is 36.4 Å². The lowest BCUT2D eigenvalue weighted by molar-refractivity contribution is -0.165. The highest BCUT2D eigenvalue weighted by atomic mass is 32.2. The molecule has 0 amide bonds. The van der Waals surface area contributed by atoms with E-state index in [0.717, 1.165) is 0 Å². The number of benzene rings is 1. The molecule has 0 bridgehead atoms. The molecule has 0 spiro atoms. The van der Waals surface area contributed by atoms with Crippen molar-refractivity contribution in [2.24, 2.45) is 0 Å². The van der Waals surface area contributed by atoms with E-state index in [1.165, 1.54) is 38.1 Å². The number of carbonyl (C=O) groups is 2. The van der Waals surface area contributed by atoms with Crippen LogP contribution in [-0.2, 0) is 29.2 Å². The first-order valence-corrected chi connectivity index (χ1v) is 9.06. The molecule has 0 aromatic heterocycles. The summed E-state index contributed by atoms with van der Waals surface area (Å²) in [6.07, 6.45) is -0.885. The summed E-state index contributed by atoms with van der Waals surface area (Å²) >= 11 is 0. The molecule has 28 heavy (non-hydrogen) atoms. The van der Waals surface area contributed by atoms with Crippen LogP contribution >= 0.6 is 0 Å². The Balaban J connectivity index is 2.41. The number of alkyl halides is 2. The zero-order valence-corrected chi connectivity index (χ0v) is 15.7. The van der Waals surface area contributed by atoms with E-state index in [0.29, 0.717) is 5.75 Å². The molecule has 1 N–H and O–H groups in total. The van der Waals surface area contributed by atoms with Gasteiger partial charge >= 0.3 is 27.3 Å². The van der Waals surface area contributed by atoms with Crippen molar-refractivity contribution >= 4 is 22.1 Å². The molecule has 12 heteroatoms.